The molecule has 1 atom stereocenters. The highest BCUT2D eigenvalue weighted by molar-refractivity contribution is 5.21. The SMILES string of the molecule is CCCCc1ncc(CN2CCCC[C@H]2c2ccc(F)cc2)[nH]1. The van der Waals surface area contributed by atoms with Crippen LogP contribution in [0.2, 0.25) is 0 Å². The lowest BCUT2D eigenvalue weighted by Crippen LogP contribution is -2.33. The molecule has 1 aliphatic rings. The molecule has 3 rings (SSSR count). The van der Waals surface area contributed by atoms with E-state index < -0.39 is 0 Å². The Morgan fingerprint density at radius 1 is 1.26 bits per heavy atom. The predicted octanol–water partition coefficient (Wildman–Crippen LogP) is 4.62. The lowest BCUT2D eigenvalue weighted by molar-refractivity contribution is 0.139. The molecule has 1 aromatic heterocycles. The number of likely N-dealkylation sites (tertiary alicyclic amines) is 1. The summed E-state index contributed by atoms with van der Waals surface area (Å²) in [5, 5.41) is 0. The van der Waals surface area contributed by atoms with Crippen LogP contribution in [-0.4, -0.2) is 21.4 Å². The van der Waals surface area contributed by atoms with Crippen molar-refractivity contribution in [2.24, 2.45) is 0 Å². The molecule has 0 spiro atoms. The number of aryl methyl sites for hydroxylation is 1. The molecule has 0 saturated carbocycles. The number of piperidine rings is 1. The summed E-state index contributed by atoms with van der Waals surface area (Å²) in [5.41, 5.74) is 2.40. The maximum absolute atomic E-state index is 13.2. The van der Waals surface area contributed by atoms with Crippen molar-refractivity contribution in [1.82, 2.24) is 14.9 Å². The van der Waals surface area contributed by atoms with Crippen molar-refractivity contribution < 1.29 is 4.39 Å². The fourth-order valence-corrected chi connectivity index (χ4v) is 3.42. The van der Waals surface area contributed by atoms with Crippen molar-refractivity contribution >= 4 is 0 Å². The molecule has 2 heterocycles. The van der Waals surface area contributed by atoms with Crippen LogP contribution in [0.5, 0.6) is 0 Å². The van der Waals surface area contributed by atoms with Gasteiger partial charge in [0.15, 0.2) is 0 Å². The second-order valence-electron chi connectivity index (χ2n) is 6.49. The fraction of sp³-hybridized carbons (Fsp3) is 0.526. The van der Waals surface area contributed by atoms with Crippen molar-refractivity contribution in [3.8, 4) is 0 Å². The Morgan fingerprint density at radius 3 is 2.87 bits per heavy atom. The molecule has 1 fully saturated rings. The topological polar surface area (TPSA) is 31.9 Å². The third-order valence-corrected chi connectivity index (χ3v) is 4.69. The summed E-state index contributed by atoms with van der Waals surface area (Å²) in [6.45, 7) is 4.18. The minimum absolute atomic E-state index is 0.162. The summed E-state index contributed by atoms with van der Waals surface area (Å²) in [6, 6.07) is 7.38. The maximum atomic E-state index is 13.2. The van der Waals surface area contributed by atoms with Crippen LogP contribution in [-0.2, 0) is 13.0 Å². The van der Waals surface area contributed by atoms with Crippen molar-refractivity contribution in [1.29, 1.82) is 0 Å². The average Bonchev–Trinajstić information content (AvgIpc) is 3.02. The standard InChI is InChI=1S/C19H26FN3/c1-2-3-7-19-21-13-17(22-19)14-23-12-5-4-6-18(23)15-8-10-16(20)11-9-15/h8-11,13,18H,2-7,12,14H2,1H3,(H,21,22)/t18-/m0/s1. The van der Waals surface area contributed by atoms with Gasteiger partial charge in [-0.05, 0) is 43.5 Å². The van der Waals surface area contributed by atoms with E-state index in [0.717, 1.165) is 31.8 Å². The third kappa shape index (κ3) is 4.20. The average molecular weight is 315 g/mol. The quantitative estimate of drug-likeness (QED) is 0.843. The van der Waals surface area contributed by atoms with Crippen molar-refractivity contribution in [3.05, 3.63) is 53.4 Å². The molecule has 124 valence electrons. The van der Waals surface area contributed by atoms with E-state index in [4.69, 9.17) is 0 Å². The lowest BCUT2D eigenvalue weighted by Gasteiger charge is -2.35. The predicted molar refractivity (Wildman–Crippen MR) is 90.6 cm³/mol. The van der Waals surface area contributed by atoms with E-state index in [1.807, 2.05) is 18.3 Å². The number of rotatable bonds is 6. The monoisotopic (exact) mass is 315 g/mol. The number of benzene rings is 1. The van der Waals surface area contributed by atoms with Crippen molar-refractivity contribution in [2.75, 3.05) is 6.54 Å². The fourth-order valence-electron chi connectivity index (χ4n) is 3.42. The first-order chi connectivity index (χ1) is 11.3. The summed E-state index contributed by atoms with van der Waals surface area (Å²) in [6.07, 6.45) is 8.98. The largest absolute Gasteiger partial charge is 0.345 e. The maximum Gasteiger partial charge on any atom is 0.123 e. The number of unbranched alkanes of at least 4 members (excludes halogenated alkanes) is 1. The van der Waals surface area contributed by atoms with E-state index in [-0.39, 0.29) is 5.82 Å². The van der Waals surface area contributed by atoms with Gasteiger partial charge in [-0.25, -0.2) is 9.37 Å². The molecule has 0 bridgehead atoms. The molecule has 1 aromatic carbocycles. The minimum atomic E-state index is -0.162. The first-order valence-corrected chi connectivity index (χ1v) is 8.78. The minimum Gasteiger partial charge on any atom is -0.345 e. The van der Waals surface area contributed by atoms with Crippen LogP contribution in [0.1, 0.15) is 62.2 Å². The summed E-state index contributed by atoms with van der Waals surface area (Å²) < 4.78 is 13.2. The zero-order chi connectivity index (χ0) is 16.1. The molecule has 0 aliphatic carbocycles. The highest BCUT2D eigenvalue weighted by Crippen LogP contribution is 2.32. The first-order valence-electron chi connectivity index (χ1n) is 8.78. The zero-order valence-corrected chi connectivity index (χ0v) is 13.9. The van der Waals surface area contributed by atoms with Crippen molar-refractivity contribution in [3.63, 3.8) is 0 Å². The molecule has 1 saturated heterocycles. The number of aromatic amines is 1. The third-order valence-electron chi connectivity index (χ3n) is 4.69. The van der Waals surface area contributed by atoms with Crippen LogP contribution in [0.25, 0.3) is 0 Å². The van der Waals surface area contributed by atoms with Gasteiger partial charge in [0.1, 0.15) is 11.6 Å². The number of imidazole rings is 1. The first kappa shape index (κ1) is 16.2. The molecule has 0 unspecified atom stereocenters. The number of aromatic nitrogens is 2. The molecule has 1 aliphatic heterocycles. The summed E-state index contributed by atoms with van der Waals surface area (Å²) in [7, 11) is 0. The van der Waals surface area contributed by atoms with Gasteiger partial charge in [0.05, 0.1) is 0 Å². The highest BCUT2D eigenvalue weighted by atomic mass is 19.1. The van der Waals surface area contributed by atoms with Crippen LogP contribution in [0.15, 0.2) is 30.5 Å². The second kappa shape index (κ2) is 7.73. The van der Waals surface area contributed by atoms with Gasteiger partial charge < -0.3 is 4.98 Å². The van der Waals surface area contributed by atoms with Gasteiger partial charge in [-0.3, -0.25) is 4.90 Å². The van der Waals surface area contributed by atoms with Gasteiger partial charge in [0.25, 0.3) is 0 Å². The van der Waals surface area contributed by atoms with Gasteiger partial charge in [-0.2, -0.15) is 0 Å². The van der Waals surface area contributed by atoms with Gasteiger partial charge in [0.2, 0.25) is 0 Å². The van der Waals surface area contributed by atoms with E-state index in [1.165, 1.54) is 36.9 Å². The molecular weight excluding hydrogens is 289 g/mol. The Bertz CT molecular complexity index is 605. The smallest absolute Gasteiger partial charge is 0.123 e. The second-order valence-corrected chi connectivity index (χ2v) is 6.49. The van der Waals surface area contributed by atoms with Crippen LogP contribution >= 0.6 is 0 Å². The molecular formula is C19H26FN3. The molecule has 23 heavy (non-hydrogen) atoms. The number of nitrogens with zero attached hydrogens (tertiary/aromatic N) is 2. The Hall–Kier alpha value is -1.68. The Labute approximate surface area is 137 Å². The molecule has 1 N–H and O–H groups in total. The van der Waals surface area contributed by atoms with Gasteiger partial charge in [-0.15, -0.1) is 0 Å². The molecule has 3 nitrogen and oxygen atoms in total. The lowest BCUT2D eigenvalue weighted by atomic mass is 9.95. The zero-order valence-electron chi connectivity index (χ0n) is 13.9. The van der Waals surface area contributed by atoms with E-state index >= 15 is 0 Å². The van der Waals surface area contributed by atoms with Gasteiger partial charge in [0, 0.05) is 30.9 Å². The number of hydrogen-bond donors (Lipinski definition) is 1. The van der Waals surface area contributed by atoms with Crippen LogP contribution < -0.4 is 0 Å². The van der Waals surface area contributed by atoms with E-state index in [2.05, 4.69) is 21.8 Å². The van der Waals surface area contributed by atoms with Gasteiger partial charge in [-0.1, -0.05) is 31.9 Å². The summed E-state index contributed by atoms with van der Waals surface area (Å²) >= 11 is 0. The molecule has 0 amide bonds. The Kier molecular flexibility index (Phi) is 5.44. The molecule has 2 aromatic rings. The van der Waals surface area contributed by atoms with Crippen molar-refractivity contribution in [2.45, 2.75) is 58.0 Å². The van der Waals surface area contributed by atoms with Crippen LogP contribution in [0.3, 0.4) is 0 Å². The molecule has 4 heteroatoms. The summed E-state index contributed by atoms with van der Waals surface area (Å²) in [4.78, 5) is 10.5. The van der Waals surface area contributed by atoms with E-state index in [1.54, 1.807) is 12.1 Å². The summed E-state index contributed by atoms with van der Waals surface area (Å²) in [5.74, 6) is 0.933. The highest BCUT2D eigenvalue weighted by Gasteiger charge is 2.24. The Morgan fingerprint density at radius 2 is 2.09 bits per heavy atom. The van der Waals surface area contributed by atoms with Crippen LogP contribution in [0, 0.1) is 5.82 Å². The van der Waals surface area contributed by atoms with Crippen LogP contribution in [0.4, 0.5) is 4.39 Å². The number of nitrogens with one attached hydrogen (secondary N) is 1. The number of H-pyrrole nitrogens is 1. The number of halogens is 1. The van der Waals surface area contributed by atoms with E-state index in [9.17, 15) is 4.39 Å². The molecule has 0 radical (unpaired) electrons. The van der Waals surface area contributed by atoms with E-state index in [0.29, 0.717) is 6.04 Å². The normalized spacial score (nSPS) is 19.1. The van der Waals surface area contributed by atoms with Gasteiger partial charge >= 0.3 is 0 Å². The Balaban J connectivity index is 1.69. The number of hydrogen-bond acceptors (Lipinski definition) is 2.